The largest absolute Gasteiger partial charge is 0.428 e. The summed E-state index contributed by atoms with van der Waals surface area (Å²) in [6, 6.07) is 3.28. The summed E-state index contributed by atoms with van der Waals surface area (Å²) < 4.78 is 5.76. The number of hydrogen-bond donors (Lipinski definition) is 0. The van der Waals surface area contributed by atoms with Gasteiger partial charge in [0.05, 0.1) is 7.83 Å². The standard InChI is InChI=1S/C8H18OSi3/c1-8-4-2-6-11(8)12-7-3-5-9-10-12/h12H,2-7,10H2,1H3. The second kappa shape index (κ2) is 4.13. The summed E-state index contributed by atoms with van der Waals surface area (Å²) in [6.45, 7) is 3.56. The van der Waals surface area contributed by atoms with Crippen molar-refractivity contribution in [2.75, 3.05) is 6.61 Å². The van der Waals surface area contributed by atoms with E-state index in [1.54, 1.807) is 12.1 Å². The van der Waals surface area contributed by atoms with Crippen molar-refractivity contribution in [3.8, 4) is 0 Å². The van der Waals surface area contributed by atoms with E-state index in [-0.39, 0.29) is 25.0 Å². The first-order chi connectivity index (χ1) is 5.88. The van der Waals surface area contributed by atoms with Crippen LogP contribution in [0.2, 0.25) is 12.1 Å². The average Bonchev–Trinajstić information content (AvgIpc) is 2.53. The third-order valence-electron chi connectivity index (χ3n) is 3.20. The molecule has 2 aliphatic rings. The quantitative estimate of drug-likeness (QED) is 0.573. The Balaban J connectivity index is 2.02. The lowest BCUT2D eigenvalue weighted by atomic mass is 10.3. The zero-order valence-corrected chi connectivity index (χ0v) is 11.5. The molecule has 2 heterocycles. The van der Waals surface area contributed by atoms with E-state index in [1.807, 2.05) is 5.17 Å². The Bertz CT molecular complexity index is 196. The van der Waals surface area contributed by atoms with Gasteiger partial charge in [-0.05, 0) is 40.2 Å². The van der Waals surface area contributed by atoms with Crippen molar-refractivity contribution < 1.29 is 4.43 Å². The zero-order chi connectivity index (χ0) is 8.39. The van der Waals surface area contributed by atoms with E-state index < -0.39 is 0 Å². The van der Waals surface area contributed by atoms with Crippen LogP contribution in [0.25, 0.3) is 0 Å². The molecule has 1 fully saturated rings. The molecule has 0 amide bonds. The van der Waals surface area contributed by atoms with Gasteiger partial charge in [0.15, 0.2) is 0 Å². The second-order valence-electron chi connectivity index (χ2n) is 4.07. The van der Waals surface area contributed by atoms with Crippen molar-refractivity contribution in [1.29, 1.82) is 0 Å². The van der Waals surface area contributed by atoms with Gasteiger partial charge in [-0.3, -0.25) is 0 Å². The van der Waals surface area contributed by atoms with Crippen LogP contribution in [0, 0.1) is 0 Å². The second-order valence-corrected chi connectivity index (χ2v) is 20.1. The van der Waals surface area contributed by atoms with E-state index in [0.29, 0.717) is 0 Å². The Hall–Kier alpha value is 0.481. The third kappa shape index (κ3) is 1.86. The fourth-order valence-corrected chi connectivity index (χ4v) is 24.3. The van der Waals surface area contributed by atoms with Gasteiger partial charge in [-0.25, -0.2) is 0 Å². The molecule has 12 heavy (non-hydrogen) atoms. The van der Waals surface area contributed by atoms with Crippen LogP contribution in [0.5, 0.6) is 0 Å². The van der Waals surface area contributed by atoms with Crippen LogP contribution in [-0.2, 0) is 4.43 Å². The normalized spacial score (nSPS) is 33.2. The van der Waals surface area contributed by atoms with E-state index in [1.165, 1.54) is 19.3 Å². The third-order valence-corrected chi connectivity index (χ3v) is 23.7. The highest BCUT2D eigenvalue weighted by molar-refractivity contribution is 7.45. The monoisotopic (exact) mass is 214 g/mol. The minimum absolute atomic E-state index is 0.0246. The molecule has 1 saturated heterocycles. The molecule has 2 rings (SSSR count). The lowest BCUT2D eigenvalue weighted by molar-refractivity contribution is 0.336. The highest BCUT2D eigenvalue weighted by Crippen LogP contribution is 2.15. The first-order valence-electron chi connectivity index (χ1n) is 5.14. The SMILES string of the molecule is CC1=[Si]([SiH]2CCCO[SiH2]2)CCC1. The fraction of sp³-hybridized carbons (Fsp3) is 0.875. The summed E-state index contributed by atoms with van der Waals surface area (Å²) in [5, 5.41) is 1.94. The molecule has 1 nitrogen and oxygen atoms in total. The molecule has 2 aliphatic heterocycles. The Labute approximate surface area is 79.9 Å². The van der Waals surface area contributed by atoms with Gasteiger partial charge in [0.2, 0.25) is 0 Å². The molecular formula is C8H18OSi3. The highest BCUT2D eigenvalue weighted by atomic mass is 29.6. The van der Waals surface area contributed by atoms with Crippen LogP contribution in [0.4, 0.5) is 0 Å². The van der Waals surface area contributed by atoms with Crippen molar-refractivity contribution in [3.63, 3.8) is 0 Å². The van der Waals surface area contributed by atoms with E-state index in [4.69, 9.17) is 4.43 Å². The van der Waals surface area contributed by atoms with Crippen molar-refractivity contribution in [2.24, 2.45) is 0 Å². The molecule has 1 atom stereocenters. The lowest BCUT2D eigenvalue weighted by Crippen LogP contribution is -2.41. The molecule has 0 aliphatic carbocycles. The summed E-state index contributed by atoms with van der Waals surface area (Å²) in [6.07, 6.45) is 4.41. The van der Waals surface area contributed by atoms with Gasteiger partial charge in [-0.2, -0.15) is 0 Å². The van der Waals surface area contributed by atoms with E-state index in [0.717, 1.165) is 6.61 Å². The van der Waals surface area contributed by atoms with Gasteiger partial charge in [0.1, 0.15) is 9.28 Å². The number of rotatable bonds is 1. The van der Waals surface area contributed by atoms with Crippen LogP contribution in [0.1, 0.15) is 26.2 Å². The van der Waals surface area contributed by atoms with Crippen molar-refractivity contribution >= 4 is 30.2 Å². The molecule has 0 aromatic carbocycles. The molecule has 68 valence electrons. The lowest BCUT2D eigenvalue weighted by Gasteiger charge is -2.21. The van der Waals surface area contributed by atoms with Gasteiger partial charge < -0.3 is 4.43 Å². The smallest absolute Gasteiger partial charge is 0.147 e. The molecule has 0 aromatic rings. The van der Waals surface area contributed by atoms with Crippen LogP contribution in [0.3, 0.4) is 0 Å². The van der Waals surface area contributed by atoms with Crippen LogP contribution in [-0.4, -0.2) is 36.8 Å². The maximum atomic E-state index is 5.76. The Morgan fingerprint density at radius 2 is 2.42 bits per heavy atom. The molecule has 0 saturated carbocycles. The van der Waals surface area contributed by atoms with Gasteiger partial charge in [0, 0.05) is 6.61 Å². The first-order valence-corrected chi connectivity index (χ1v) is 13.3. The van der Waals surface area contributed by atoms with Crippen molar-refractivity contribution in [2.45, 2.75) is 38.3 Å². The van der Waals surface area contributed by atoms with Gasteiger partial charge >= 0.3 is 0 Å². The molecule has 0 radical (unpaired) electrons. The molecule has 1 unspecified atom stereocenters. The molecule has 0 aromatic heterocycles. The highest BCUT2D eigenvalue weighted by Gasteiger charge is 2.25. The Morgan fingerprint density at radius 3 is 3.00 bits per heavy atom. The predicted octanol–water partition coefficient (Wildman–Crippen LogP) is 0.355. The summed E-state index contributed by atoms with van der Waals surface area (Å²) in [7, 11) is -0.129. The maximum absolute atomic E-state index is 5.76. The summed E-state index contributed by atoms with van der Waals surface area (Å²) >= 11 is 0. The van der Waals surface area contributed by atoms with E-state index in [2.05, 4.69) is 6.92 Å². The van der Waals surface area contributed by atoms with Gasteiger partial charge in [-0.1, -0.05) is 11.2 Å². The summed E-state index contributed by atoms with van der Waals surface area (Å²) in [5.41, 5.74) is 0. The zero-order valence-electron chi connectivity index (χ0n) is 7.94. The topological polar surface area (TPSA) is 9.23 Å². The molecule has 0 spiro atoms. The average molecular weight is 214 g/mol. The van der Waals surface area contributed by atoms with Gasteiger partial charge in [-0.15, -0.1) is 0 Å². The van der Waals surface area contributed by atoms with Crippen LogP contribution in [0.15, 0.2) is 0 Å². The Morgan fingerprint density at radius 1 is 1.50 bits per heavy atom. The van der Waals surface area contributed by atoms with Crippen molar-refractivity contribution in [3.05, 3.63) is 0 Å². The minimum Gasteiger partial charge on any atom is -0.428 e. The fourth-order valence-electron chi connectivity index (χ4n) is 2.49. The van der Waals surface area contributed by atoms with E-state index in [9.17, 15) is 0 Å². The van der Waals surface area contributed by atoms with Crippen LogP contribution < -0.4 is 0 Å². The van der Waals surface area contributed by atoms with Gasteiger partial charge in [0.25, 0.3) is 0 Å². The van der Waals surface area contributed by atoms with Crippen molar-refractivity contribution in [1.82, 2.24) is 0 Å². The molecular weight excluding hydrogens is 196 g/mol. The molecule has 0 bridgehead atoms. The minimum atomic E-state index is -0.255. The Kier molecular flexibility index (Phi) is 3.11. The van der Waals surface area contributed by atoms with Crippen LogP contribution >= 0.6 is 0 Å². The predicted molar refractivity (Wildman–Crippen MR) is 61.5 cm³/mol. The van der Waals surface area contributed by atoms with E-state index >= 15 is 0 Å². The first kappa shape index (κ1) is 9.05. The number of hydrogen-bond acceptors (Lipinski definition) is 1. The maximum Gasteiger partial charge on any atom is 0.147 e. The molecule has 4 heteroatoms. The summed E-state index contributed by atoms with van der Waals surface area (Å²) in [4.78, 5) is 0. The summed E-state index contributed by atoms with van der Waals surface area (Å²) in [5.74, 6) is 0. The molecule has 0 N–H and O–H groups in total.